The molecule has 212 valence electrons. The Morgan fingerprint density at radius 1 is 0.976 bits per heavy atom. The number of aromatic nitrogens is 1. The highest BCUT2D eigenvalue weighted by atomic mass is 32.1. The molecule has 41 heavy (non-hydrogen) atoms. The molecule has 1 fully saturated rings. The normalized spacial score (nSPS) is 13.9. The molecular weight excluding hydrogens is 536 g/mol. The van der Waals surface area contributed by atoms with E-state index in [0.717, 1.165) is 48.3 Å². The number of nitrogen functional groups attached to an aromatic ring is 1. The monoisotopic (exact) mass is 570 g/mol. The summed E-state index contributed by atoms with van der Waals surface area (Å²) in [6, 6.07) is 21.3. The fourth-order valence-electron chi connectivity index (χ4n) is 5.23. The molecule has 0 bridgehead atoms. The predicted molar refractivity (Wildman–Crippen MR) is 163 cm³/mol. The molecule has 8 nitrogen and oxygen atoms in total. The highest BCUT2D eigenvalue weighted by Gasteiger charge is 2.37. The molecule has 0 spiro atoms. The van der Waals surface area contributed by atoms with E-state index in [4.69, 9.17) is 15.2 Å². The van der Waals surface area contributed by atoms with Crippen molar-refractivity contribution in [3.63, 3.8) is 0 Å². The third-order valence-corrected chi connectivity index (χ3v) is 8.27. The van der Waals surface area contributed by atoms with Crippen LogP contribution in [0, 0.1) is 6.92 Å². The highest BCUT2D eigenvalue weighted by Crippen LogP contribution is 2.37. The maximum absolute atomic E-state index is 14.5. The van der Waals surface area contributed by atoms with Crippen molar-refractivity contribution >= 4 is 34.7 Å². The number of ether oxygens (including phenoxy) is 2. The molecule has 0 radical (unpaired) electrons. The van der Waals surface area contributed by atoms with Crippen LogP contribution in [0.2, 0.25) is 0 Å². The molecule has 1 saturated carbocycles. The summed E-state index contributed by atoms with van der Waals surface area (Å²) in [6.45, 7) is 1.95. The summed E-state index contributed by atoms with van der Waals surface area (Å²) in [5.41, 5.74) is 10.4. The number of carbonyl (C=O) groups excluding carboxylic acids is 2. The maximum Gasteiger partial charge on any atom is 0.273 e. The van der Waals surface area contributed by atoms with Gasteiger partial charge in [-0.15, -0.1) is 0 Å². The first-order valence-corrected chi connectivity index (χ1v) is 14.4. The van der Waals surface area contributed by atoms with Crippen molar-refractivity contribution in [2.75, 3.05) is 24.9 Å². The largest absolute Gasteiger partial charge is 0.497 e. The van der Waals surface area contributed by atoms with Crippen molar-refractivity contribution in [1.82, 2.24) is 9.69 Å². The van der Waals surface area contributed by atoms with Gasteiger partial charge in [0.25, 0.3) is 5.91 Å². The Labute approximate surface area is 244 Å². The van der Waals surface area contributed by atoms with Gasteiger partial charge in [-0.05, 0) is 91.0 Å². The van der Waals surface area contributed by atoms with Crippen LogP contribution in [0.15, 0.2) is 72.8 Å². The van der Waals surface area contributed by atoms with Gasteiger partial charge in [0.1, 0.15) is 28.1 Å². The summed E-state index contributed by atoms with van der Waals surface area (Å²) in [6.07, 6.45) is 3.99. The van der Waals surface area contributed by atoms with Crippen LogP contribution in [-0.4, -0.2) is 36.4 Å². The lowest BCUT2D eigenvalue weighted by molar-refractivity contribution is -0.123. The first kappa shape index (κ1) is 28.2. The second kappa shape index (κ2) is 12.4. The Hall–Kier alpha value is -4.37. The van der Waals surface area contributed by atoms with Crippen molar-refractivity contribution in [2.24, 2.45) is 0 Å². The SMILES string of the molecule is COc1ccc(-c2nsc(C(=O)N(c3cccc(C)c3)C(C(=O)NC3CCCC3)c3ccc(OC)cc3)c2N)cc1. The average molecular weight is 571 g/mol. The van der Waals surface area contributed by atoms with Gasteiger partial charge in [-0.25, -0.2) is 0 Å². The van der Waals surface area contributed by atoms with Crippen LogP contribution in [0.3, 0.4) is 0 Å². The van der Waals surface area contributed by atoms with Crippen LogP contribution in [0.5, 0.6) is 11.5 Å². The van der Waals surface area contributed by atoms with E-state index >= 15 is 0 Å². The maximum atomic E-state index is 14.5. The van der Waals surface area contributed by atoms with Gasteiger partial charge in [0.2, 0.25) is 5.91 Å². The molecule has 1 heterocycles. The van der Waals surface area contributed by atoms with Crippen LogP contribution in [0.4, 0.5) is 11.4 Å². The number of carbonyl (C=O) groups is 2. The summed E-state index contributed by atoms with van der Waals surface area (Å²) >= 11 is 1.03. The zero-order valence-corrected chi connectivity index (χ0v) is 24.2. The minimum Gasteiger partial charge on any atom is -0.497 e. The molecule has 3 aromatic carbocycles. The number of nitrogens with one attached hydrogen (secondary N) is 1. The van der Waals surface area contributed by atoms with Crippen LogP contribution < -0.4 is 25.4 Å². The van der Waals surface area contributed by atoms with E-state index < -0.39 is 11.9 Å². The Bertz CT molecular complexity index is 1510. The molecule has 1 unspecified atom stereocenters. The van der Waals surface area contributed by atoms with Gasteiger partial charge in [0.15, 0.2) is 0 Å². The fraction of sp³-hybridized carbons (Fsp3) is 0.281. The molecular formula is C32H34N4O4S. The smallest absolute Gasteiger partial charge is 0.273 e. The van der Waals surface area contributed by atoms with Gasteiger partial charge in [-0.1, -0.05) is 37.1 Å². The second-order valence-electron chi connectivity index (χ2n) is 10.2. The Balaban J connectivity index is 1.60. The van der Waals surface area contributed by atoms with Gasteiger partial charge in [-0.2, -0.15) is 4.37 Å². The van der Waals surface area contributed by atoms with Crippen molar-refractivity contribution in [1.29, 1.82) is 0 Å². The first-order valence-electron chi connectivity index (χ1n) is 13.6. The van der Waals surface area contributed by atoms with Gasteiger partial charge in [0.05, 0.1) is 19.9 Å². The first-order chi connectivity index (χ1) is 19.9. The number of hydrogen-bond donors (Lipinski definition) is 2. The van der Waals surface area contributed by atoms with Gasteiger partial charge in [0, 0.05) is 17.3 Å². The minimum absolute atomic E-state index is 0.0767. The van der Waals surface area contributed by atoms with E-state index in [0.29, 0.717) is 28.4 Å². The second-order valence-corrected chi connectivity index (χ2v) is 11.0. The summed E-state index contributed by atoms with van der Waals surface area (Å²) in [7, 11) is 3.19. The molecule has 1 aliphatic carbocycles. The highest BCUT2D eigenvalue weighted by molar-refractivity contribution is 7.09. The quantitative estimate of drug-likeness (QED) is 0.249. The molecule has 0 aliphatic heterocycles. The number of anilines is 2. The summed E-state index contributed by atoms with van der Waals surface area (Å²) in [5.74, 6) is 0.733. The molecule has 4 aromatic rings. The zero-order chi connectivity index (χ0) is 28.9. The topological polar surface area (TPSA) is 107 Å². The number of hydrogen-bond acceptors (Lipinski definition) is 7. The lowest BCUT2D eigenvalue weighted by Crippen LogP contribution is -2.46. The summed E-state index contributed by atoms with van der Waals surface area (Å²) in [5, 5.41) is 3.21. The van der Waals surface area contributed by atoms with E-state index in [2.05, 4.69) is 9.69 Å². The molecule has 0 saturated heterocycles. The number of amides is 2. The van der Waals surface area contributed by atoms with Crippen LogP contribution in [0.1, 0.15) is 52.5 Å². The zero-order valence-electron chi connectivity index (χ0n) is 23.4. The number of rotatable bonds is 9. The fourth-order valence-corrected chi connectivity index (χ4v) is 5.99. The van der Waals surface area contributed by atoms with Crippen molar-refractivity contribution in [3.8, 4) is 22.8 Å². The Kier molecular flexibility index (Phi) is 8.54. The van der Waals surface area contributed by atoms with Crippen LogP contribution >= 0.6 is 11.5 Å². The van der Waals surface area contributed by atoms with Crippen molar-refractivity contribution < 1.29 is 19.1 Å². The van der Waals surface area contributed by atoms with Crippen LogP contribution in [-0.2, 0) is 4.79 Å². The number of nitrogens with zero attached hydrogens (tertiary/aromatic N) is 2. The van der Waals surface area contributed by atoms with Crippen molar-refractivity contribution in [3.05, 3.63) is 88.8 Å². The van der Waals surface area contributed by atoms with Gasteiger partial charge < -0.3 is 20.5 Å². The molecule has 9 heteroatoms. The average Bonchev–Trinajstić information content (AvgIpc) is 3.65. The van der Waals surface area contributed by atoms with Gasteiger partial charge in [-0.3, -0.25) is 14.5 Å². The summed E-state index contributed by atoms with van der Waals surface area (Å²) in [4.78, 5) is 30.4. The summed E-state index contributed by atoms with van der Waals surface area (Å²) < 4.78 is 15.2. The Morgan fingerprint density at radius 3 is 2.22 bits per heavy atom. The number of nitrogens with two attached hydrogens (primary N) is 1. The molecule has 3 N–H and O–H groups in total. The van der Waals surface area contributed by atoms with Crippen molar-refractivity contribution in [2.45, 2.75) is 44.7 Å². The number of benzene rings is 3. The lowest BCUT2D eigenvalue weighted by atomic mass is 10.0. The van der Waals surface area contributed by atoms with E-state index in [9.17, 15) is 9.59 Å². The van der Waals surface area contributed by atoms with E-state index in [1.54, 1.807) is 31.3 Å². The van der Waals surface area contributed by atoms with E-state index in [1.807, 2.05) is 67.6 Å². The lowest BCUT2D eigenvalue weighted by Gasteiger charge is -2.32. The number of aryl methyl sites for hydroxylation is 1. The minimum atomic E-state index is -0.943. The van der Waals surface area contributed by atoms with Gasteiger partial charge >= 0.3 is 0 Å². The predicted octanol–water partition coefficient (Wildman–Crippen LogP) is 6.16. The third-order valence-electron chi connectivity index (χ3n) is 7.42. The molecule has 5 rings (SSSR count). The Morgan fingerprint density at radius 2 is 1.61 bits per heavy atom. The molecule has 1 aromatic heterocycles. The van der Waals surface area contributed by atoms with Crippen LogP contribution in [0.25, 0.3) is 11.3 Å². The third kappa shape index (κ3) is 6.05. The molecule has 2 amide bonds. The standard InChI is InChI=1S/C32H34N4O4S/c1-20-7-6-10-24(19-20)36(32(38)30-27(33)28(35-41-30)21-11-15-25(39-2)16-12-21)29(22-13-17-26(40-3)18-14-22)31(37)34-23-8-4-5-9-23/h6-7,10-19,23,29H,4-5,8-9,33H2,1-3H3,(H,34,37). The number of methoxy groups -OCH3 is 2. The molecule has 1 atom stereocenters. The van der Waals surface area contributed by atoms with E-state index in [-0.39, 0.29) is 22.5 Å². The van der Waals surface area contributed by atoms with E-state index in [1.165, 1.54) is 0 Å². The molecule has 1 aliphatic rings.